The van der Waals surface area contributed by atoms with E-state index >= 15 is 0 Å². The minimum absolute atomic E-state index is 0.130. The second-order valence-electron chi connectivity index (χ2n) is 9.82. The maximum Gasteiger partial charge on any atom is 0.306 e. The molecule has 0 saturated heterocycles. The molecule has 11 heteroatoms. The highest BCUT2D eigenvalue weighted by Gasteiger charge is 2.29. The number of aromatic nitrogens is 6. The van der Waals surface area contributed by atoms with E-state index in [9.17, 15) is 15.2 Å². The number of carboxylic acid groups (broad SMARTS) is 1. The summed E-state index contributed by atoms with van der Waals surface area (Å²) in [4.78, 5) is 25.0. The Kier molecular flexibility index (Phi) is 6.99. The number of nitrogens with one attached hydrogen (secondary N) is 1. The molecule has 2 saturated carbocycles. The van der Waals surface area contributed by atoms with Gasteiger partial charge in [0.15, 0.2) is 0 Å². The summed E-state index contributed by atoms with van der Waals surface area (Å²) in [6.45, 7) is 2.25. The van der Waals surface area contributed by atoms with Gasteiger partial charge in [0.05, 0.1) is 53.1 Å². The van der Waals surface area contributed by atoms with Gasteiger partial charge in [0, 0.05) is 13.0 Å². The van der Waals surface area contributed by atoms with Crippen molar-refractivity contribution < 1.29 is 14.6 Å². The van der Waals surface area contributed by atoms with Crippen LogP contribution in [0.3, 0.4) is 0 Å². The van der Waals surface area contributed by atoms with Gasteiger partial charge >= 0.3 is 5.97 Å². The van der Waals surface area contributed by atoms with Crippen molar-refractivity contribution in [3.8, 4) is 23.2 Å². The Hall–Kier alpha value is -4.07. The number of nitrogens with zero attached hydrogens (tertiary/aromatic N) is 7. The number of aryl methyl sites for hydroxylation is 2. The van der Waals surface area contributed by atoms with E-state index in [-0.39, 0.29) is 12.0 Å². The number of carboxylic acids is 1. The molecule has 3 aromatic heterocycles. The van der Waals surface area contributed by atoms with E-state index in [0.717, 1.165) is 43.5 Å². The van der Waals surface area contributed by atoms with Gasteiger partial charge in [0.2, 0.25) is 5.95 Å². The number of pyridine rings is 1. The van der Waals surface area contributed by atoms with Gasteiger partial charge in [-0.1, -0.05) is 11.6 Å². The van der Waals surface area contributed by atoms with Crippen molar-refractivity contribution in [2.75, 3.05) is 5.32 Å². The molecule has 0 amide bonds. The van der Waals surface area contributed by atoms with E-state index < -0.39 is 5.97 Å². The Bertz CT molecular complexity index is 1340. The molecule has 37 heavy (non-hydrogen) atoms. The molecule has 0 radical (unpaired) electrons. The third-order valence-corrected chi connectivity index (χ3v) is 7.34. The summed E-state index contributed by atoms with van der Waals surface area (Å²) >= 11 is 0. The van der Waals surface area contributed by atoms with Crippen LogP contribution in [0.25, 0.3) is 11.4 Å². The molecule has 2 aliphatic rings. The Balaban J connectivity index is 1.30. The van der Waals surface area contributed by atoms with Gasteiger partial charge in [-0.05, 0) is 57.6 Å². The molecule has 0 aromatic carbocycles. The first-order valence-electron chi connectivity index (χ1n) is 12.7. The van der Waals surface area contributed by atoms with Crippen LogP contribution in [0.1, 0.15) is 73.5 Å². The van der Waals surface area contributed by atoms with Crippen LogP contribution in [0.15, 0.2) is 18.3 Å². The van der Waals surface area contributed by atoms with Crippen molar-refractivity contribution >= 4 is 11.9 Å². The summed E-state index contributed by atoms with van der Waals surface area (Å²) < 4.78 is 7.83. The number of hydrogen-bond acceptors (Lipinski definition) is 9. The third kappa shape index (κ3) is 5.23. The maximum absolute atomic E-state index is 11.4. The van der Waals surface area contributed by atoms with E-state index in [4.69, 9.17) is 9.72 Å². The first kappa shape index (κ1) is 24.6. The van der Waals surface area contributed by atoms with Crippen molar-refractivity contribution in [2.45, 2.75) is 70.4 Å². The van der Waals surface area contributed by atoms with Crippen LogP contribution in [-0.4, -0.2) is 47.1 Å². The zero-order chi connectivity index (χ0) is 25.9. The first-order chi connectivity index (χ1) is 17.9. The molecule has 0 aliphatic heterocycles. The van der Waals surface area contributed by atoms with Crippen LogP contribution < -0.4 is 10.1 Å². The molecule has 2 fully saturated rings. The lowest BCUT2D eigenvalue weighted by molar-refractivity contribution is -0.143. The lowest BCUT2D eigenvalue weighted by Gasteiger charge is -2.27. The highest BCUT2D eigenvalue weighted by molar-refractivity contribution is 5.70. The molecule has 5 rings (SSSR count). The number of carbonyl (C=O) groups is 1. The van der Waals surface area contributed by atoms with E-state index in [1.165, 1.54) is 0 Å². The fourth-order valence-corrected chi connectivity index (χ4v) is 4.96. The fourth-order valence-electron chi connectivity index (χ4n) is 4.96. The molecule has 192 valence electrons. The van der Waals surface area contributed by atoms with E-state index in [0.29, 0.717) is 59.6 Å². The fraction of sp³-hybridized carbons (Fsp3) is 0.500. The maximum atomic E-state index is 11.4. The normalized spacial score (nSPS) is 19.6. The molecule has 11 nitrogen and oxygen atoms in total. The zero-order valence-electron chi connectivity index (χ0n) is 21.0. The van der Waals surface area contributed by atoms with E-state index in [1.807, 2.05) is 26.1 Å². The van der Waals surface area contributed by atoms with Gasteiger partial charge in [-0.3, -0.25) is 4.79 Å². The second-order valence-corrected chi connectivity index (χ2v) is 9.82. The molecule has 0 bridgehead atoms. The smallest absolute Gasteiger partial charge is 0.306 e. The Morgan fingerprint density at radius 2 is 2.05 bits per heavy atom. The lowest BCUT2D eigenvalue weighted by atomic mass is 9.81. The van der Waals surface area contributed by atoms with Gasteiger partial charge in [-0.15, -0.1) is 5.10 Å². The topological polar surface area (TPSA) is 152 Å². The first-order valence-corrected chi connectivity index (χ1v) is 12.7. The van der Waals surface area contributed by atoms with Crippen molar-refractivity contribution in [1.29, 1.82) is 5.26 Å². The van der Waals surface area contributed by atoms with Crippen molar-refractivity contribution in [3.05, 3.63) is 41.0 Å². The summed E-state index contributed by atoms with van der Waals surface area (Å²) in [7, 11) is 1.82. The highest BCUT2D eigenvalue weighted by atomic mass is 16.5. The second kappa shape index (κ2) is 10.5. The predicted octanol–water partition coefficient (Wildman–Crippen LogP) is 3.75. The van der Waals surface area contributed by atoms with Crippen LogP contribution in [-0.2, 0) is 18.4 Å². The minimum atomic E-state index is -0.757. The molecule has 3 heterocycles. The average Bonchev–Trinajstić information content (AvgIpc) is 3.23. The number of hydrogen-bond donors (Lipinski definition) is 2. The van der Waals surface area contributed by atoms with Gasteiger partial charge in [-0.2, -0.15) is 5.26 Å². The third-order valence-electron chi connectivity index (χ3n) is 7.34. The molecule has 2 N–H and O–H groups in total. The lowest BCUT2D eigenvalue weighted by Crippen LogP contribution is -2.29. The standard InChI is InChI=1S/C26H30N8O3/c1-15-22(37-19-8-4-7-17(11-19)25(35)36)10-9-20(30-15)24-21(34(2)33-32-24)14-29-26-28-13-18(12-27)23(31-26)16-5-3-6-16/h9-10,13,16-17,19H,3-8,11,14H2,1-2H3,(H,35,36)(H,28,29,31)/t17-,19-/m0/s1. The predicted molar refractivity (Wildman–Crippen MR) is 134 cm³/mol. The van der Waals surface area contributed by atoms with Crippen LogP contribution in [0.4, 0.5) is 5.95 Å². The SMILES string of the molecule is Cc1nc(-c2nnn(C)c2CNc2ncc(C#N)c(C3CCC3)n2)ccc1O[C@H]1CCC[C@H](C(=O)O)C1. The summed E-state index contributed by atoms with van der Waals surface area (Å²) in [5.41, 5.74) is 4.18. The summed E-state index contributed by atoms with van der Waals surface area (Å²) in [5, 5.41) is 30.5. The monoisotopic (exact) mass is 502 g/mol. The van der Waals surface area contributed by atoms with Crippen LogP contribution in [0.2, 0.25) is 0 Å². The Morgan fingerprint density at radius 3 is 2.76 bits per heavy atom. The van der Waals surface area contributed by atoms with Gasteiger partial charge in [0.1, 0.15) is 17.5 Å². The number of rotatable bonds is 8. The number of aliphatic carboxylic acids is 1. The number of nitriles is 1. The van der Waals surface area contributed by atoms with Crippen LogP contribution in [0, 0.1) is 24.2 Å². The Morgan fingerprint density at radius 1 is 1.24 bits per heavy atom. The van der Waals surface area contributed by atoms with Gasteiger partial charge in [0.25, 0.3) is 0 Å². The summed E-state index contributed by atoms with van der Waals surface area (Å²) in [5.74, 6) is 0.327. The number of ether oxygens (including phenoxy) is 1. The highest BCUT2D eigenvalue weighted by Crippen LogP contribution is 2.37. The van der Waals surface area contributed by atoms with E-state index in [2.05, 4.69) is 31.7 Å². The summed E-state index contributed by atoms with van der Waals surface area (Å²) in [6.07, 6.45) is 7.60. The molecular formula is C26H30N8O3. The molecule has 0 spiro atoms. The zero-order valence-corrected chi connectivity index (χ0v) is 21.0. The molecule has 2 atom stereocenters. The van der Waals surface area contributed by atoms with Crippen molar-refractivity contribution in [1.82, 2.24) is 29.9 Å². The molecule has 2 aliphatic carbocycles. The Labute approximate surface area is 214 Å². The van der Waals surface area contributed by atoms with E-state index in [1.54, 1.807) is 10.9 Å². The molecular weight excluding hydrogens is 472 g/mol. The van der Waals surface area contributed by atoms with Gasteiger partial charge < -0.3 is 15.2 Å². The van der Waals surface area contributed by atoms with Crippen molar-refractivity contribution in [3.63, 3.8) is 0 Å². The average molecular weight is 503 g/mol. The molecule has 0 unspecified atom stereocenters. The van der Waals surface area contributed by atoms with Crippen molar-refractivity contribution in [2.24, 2.45) is 13.0 Å². The minimum Gasteiger partial charge on any atom is -0.489 e. The number of anilines is 1. The van der Waals surface area contributed by atoms with Crippen LogP contribution >= 0.6 is 0 Å². The molecule has 3 aromatic rings. The van der Waals surface area contributed by atoms with Crippen LogP contribution in [0.5, 0.6) is 5.75 Å². The largest absolute Gasteiger partial charge is 0.489 e. The quantitative estimate of drug-likeness (QED) is 0.466. The summed E-state index contributed by atoms with van der Waals surface area (Å²) in [6, 6.07) is 5.91. The van der Waals surface area contributed by atoms with Gasteiger partial charge in [-0.25, -0.2) is 19.6 Å².